The average molecular weight is 369 g/mol. The van der Waals surface area contributed by atoms with Crippen molar-refractivity contribution in [1.82, 2.24) is 5.16 Å². The molecule has 1 fully saturated rings. The smallest absolute Gasteiger partial charge is 0.228 e. The van der Waals surface area contributed by atoms with Gasteiger partial charge >= 0.3 is 0 Å². The topological polar surface area (TPSA) is 84.2 Å². The van der Waals surface area contributed by atoms with Crippen molar-refractivity contribution in [2.24, 2.45) is 11.8 Å². The van der Waals surface area contributed by atoms with Crippen molar-refractivity contribution in [3.63, 3.8) is 0 Å². The van der Waals surface area contributed by atoms with Crippen LogP contribution in [0.1, 0.15) is 49.5 Å². The summed E-state index contributed by atoms with van der Waals surface area (Å²) in [5, 5.41) is 9.71. The molecule has 0 unspecified atom stereocenters. The molecular weight excluding hydrogens is 342 g/mol. The number of carbonyl (C=O) groups excluding carboxylic acids is 2. The number of aryl methyl sites for hydroxylation is 3. The van der Waals surface area contributed by atoms with Gasteiger partial charge < -0.3 is 15.2 Å². The van der Waals surface area contributed by atoms with E-state index in [4.69, 9.17) is 4.52 Å². The van der Waals surface area contributed by atoms with Crippen molar-refractivity contribution in [2.45, 2.75) is 52.9 Å². The molecule has 2 amide bonds. The highest BCUT2D eigenvalue weighted by atomic mass is 16.5. The van der Waals surface area contributed by atoms with E-state index in [1.54, 1.807) is 13.0 Å². The summed E-state index contributed by atoms with van der Waals surface area (Å²) in [5.41, 5.74) is 3.17. The highest BCUT2D eigenvalue weighted by Gasteiger charge is 2.30. The number of hydrogen-bond acceptors (Lipinski definition) is 4. The van der Waals surface area contributed by atoms with Gasteiger partial charge in [0, 0.05) is 23.6 Å². The third-order valence-electron chi connectivity index (χ3n) is 5.34. The first kappa shape index (κ1) is 19.1. The van der Waals surface area contributed by atoms with E-state index in [0.29, 0.717) is 24.4 Å². The number of nitrogens with zero attached hydrogens (tertiary/aromatic N) is 1. The molecule has 2 N–H and O–H groups in total. The Hall–Kier alpha value is -2.63. The predicted octanol–water partition coefficient (Wildman–Crippen LogP) is 4.24. The van der Waals surface area contributed by atoms with Gasteiger partial charge in [0.2, 0.25) is 11.8 Å². The first-order valence-corrected chi connectivity index (χ1v) is 9.61. The molecule has 6 heteroatoms. The van der Waals surface area contributed by atoms with E-state index < -0.39 is 0 Å². The molecule has 2 aromatic rings. The van der Waals surface area contributed by atoms with E-state index in [1.807, 2.05) is 19.1 Å². The van der Waals surface area contributed by atoms with Gasteiger partial charge in [0.15, 0.2) is 5.82 Å². The SMILES string of the molecule is CCc1cccc(C)c1NC(=O)C1CCC(C(=O)Nc2cc(C)on2)CC1. The maximum Gasteiger partial charge on any atom is 0.228 e. The van der Waals surface area contributed by atoms with Crippen LogP contribution in [0.4, 0.5) is 11.5 Å². The molecular formula is C21H27N3O3. The molecule has 1 aliphatic carbocycles. The summed E-state index contributed by atoms with van der Waals surface area (Å²) in [6.07, 6.45) is 3.72. The number of nitrogens with one attached hydrogen (secondary N) is 2. The van der Waals surface area contributed by atoms with Crippen molar-refractivity contribution in [3.05, 3.63) is 41.2 Å². The third-order valence-corrected chi connectivity index (χ3v) is 5.34. The van der Waals surface area contributed by atoms with Crippen LogP contribution in [0.15, 0.2) is 28.8 Å². The molecule has 0 saturated heterocycles. The van der Waals surface area contributed by atoms with Gasteiger partial charge in [-0.15, -0.1) is 0 Å². The number of hydrogen-bond donors (Lipinski definition) is 2. The van der Waals surface area contributed by atoms with E-state index >= 15 is 0 Å². The predicted molar refractivity (Wildman–Crippen MR) is 105 cm³/mol. The molecule has 1 aliphatic rings. The minimum atomic E-state index is -0.0873. The number of benzene rings is 1. The first-order valence-electron chi connectivity index (χ1n) is 9.61. The molecule has 6 nitrogen and oxygen atoms in total. The minimum Gasteiger partial charge on any atom is -0.360 e. The summed E-state index contributed by atoms with van der Waals surface area (Å²) in [4.78, 5) is 25.1. The Labute approximate surface area is 159 Å². The minimum absolute atomic E-state index is 0.0469. The molecule has 144 valence electrons. The van der Waals surface area contributed by atoms with Gasteiger partial charge in [0.1, 0.15) is 5.76 Å². The number of carbonyl (C=O) groups is 2. The Kier molecular flexibility index (Phi) is 5.94. The summed E-state index contributed by atoms with van der Waals surface area (Å²) < 4.78 is 4.97. The number of aromatic nitrogens is 1. The molecule has 1 heterocycles. The zero-order valence-corrected chi connectivity index (χ0v) is 16.2. The second-order valence-corrected chi connectivity index (χ2v) is 7.31. The molecule has 0 atom stereocenters. The van der Waals surface area contributed by atoms with Crippen molar-refractivity contribution in [2.75, 3.05) is 10.6 Å². The molecule has 0 aliphatic heterocycles. The van der Waals surface area contributed by atoms with Gasteiger partial charge in [0.05, 0.1) is 0 Å². The first-order chi connectivity index (χ1) is 13.0. The maximum atomic E-state index is 12.7. The van der Waals surface area contributed by atoms with Crippen LogP contribution in [-0.2, 0) is 16.0 Å². The quantitative estimate of drug-likeness (QED) is 0.826. The normalized spacial score (nSPS) is 19.5. The number of rotatable bonds is 5. The molecule has 0 spiro atoms. The Balaban J connectivity index is 1.54. The van der Waals surface area contributed by atoms with Crippen molar-refractivity contribution in [1.29, 1.82) is 0 Å². The second-order valence-electron chi connectivity index (χ2n) is 7.31. The van der Waals surface area contributed by atoms with Crippen LogP contribution >= 0.6 is 0 Å². The zero-order valence-electron chi connectivity index (χ0n) is 16.2. The number of amides is 2. The van der Waals surface area contributed by atoms with Crippen molar-refractivity contribution >= 4 is 23.3 Å². The summed E-state index contributed by atoms with van der Waals surface area (Å²) in [6, 6.07) is 7.78. The van der Waals surface area contributed by atoms with Crippen LogP contribution in [-0.4, -0.2) is 17.0 Å². The van der Waals surface area contributed by atoms with E-state index in [-0.39, 0.29) is 23.7 Å². The summed E-state index contributed by atoms with van der Waals surface area (Å²) in [5.74, 6) is 0.986. The molecule has 1 aromatic heterocycles. The molecule has 0 radical (unpaired) electrons. The van der Waals surface area contributed by atoms with Crippen molar-refractivity contribution in [3.8, 4) is 0 Å². The van der Waals surface area contributed by atoms with Crippen LogP contribution in [0.25, 0.3) is 0 Å². The monoisotopic (exact) mass is 369 g/mol. The zero-order chi connectivity index (χ0) is 19.4. The lowest BCUT2D eigenvalue weighted by atomic mass is 9.81. The van der Waals surface area contributed by atoms with Gasteiger partial charge in [-0.1, -0.05) is 30.3 Å². The lowest BCUT2D eigenvalue weighted by Gasteiger charge is -2.27. The van der Waals surface area contributed by atoms with E-state index in [1.165, 1.54) is 0 Å². The summed E-state index contributed by atoms with van der Waals surface area (Å²) >= 11 is 0. The van der Waals surface area contributed by atoms with E-state index in [0.717, 1.165) is 36.1 Å². The lowest BCUT2D eigenvalue weighted by molar-refractivity contribution is -0.125. The van der Waals surface area contributed by atoms with Crippen LogP contribution in [0.2, 0.25) is 0 Å². The Morgan fingerprint density at radius 1 is 1.07 bits per heavy atom. The fraction of sp³-hybridized carbons (Fsp3) is 0.476. The largest absolute Gasteiger partial charge is 0.360 e. The van der Waals surface area contributed by atoms with Gasteiger partial charge in [-0.2, -0.15) is 0 Å². The maximum absolute atomic E-state index is 12.7. The molecule has 3 rings (SSSR count). The summed E-state index contributed by atoms with van der Waals surface area (Å²) in [6.45, 7) is 5.89. The van der Waals surface area contributed by atoms with Crippen molar-refractivity contribution < 1.29 is 14.1 Å². The average Bonchev–Trinajstić information content (AvgIpc) is 3.08. The Morgan fingerprint density at radius 3 is 2.26 bits per heavy atom. The highest BCUT2D eigenvalue weighted by molar-refractivity contribution is 5.95. The van der Waals surface area contributed by atoms with Gasteiger partial charge in [0.25, 0.3) is 0 Å². The standard InChI is InChI=1S/C21H27N3O3/c1-4-15-7-5-6-13(2)19(15)23-21(26)17-10-8-16(9-11-17)20(25)22-18-12-14(3)27-24-18/h5-7,12,16-17H,4,8-11H2,1-3H3,(H,23,26)(H,22,24,25). The third kappa shape index (κ3) is 4.56. The Morgan fingerprint density at radius 2 is 1.70 bits per heavy atom. The fourth-order valence-corrected chi connectivity index (χ4v) is 3.70. The molecule has 1 saturated carbocycles. The van der Waals surface area contributed by atoms with E-state index in [9.17, 15) is 9.59 Å². The fourth-order valence-electron chi connectivity index (χ4n) is 3.70. The number of para-hydroxylation sites is 1. The molecule has 1 aromatic carbocycles. The van der Waals surface area contributed by atoms with Crippen LogP contribution in [0, 0.1) is 25.7 Å². The Bertz CT molecular complexity index is 820. The van der Waals surface area contributed by atoms with E-state index in [2.05, 4.69) is 28.8 Å². The molecule has 0 bridgehead atoms. The lowest BCUT2D eigenvalue weighted by Crippen LogP contribution is -2.32. The van der Waals surface area contributed by atoms with Crippen LogP contribution < -0.4 is 10.6 Å². The highest BCUT2D eigenvalue weighted by Crippen LogP contribution is 2.31. The number of anilines is 2. The van der Waals surface area contributed by atoms with Gasteiger partial charge in [-0.25, -0.2) is 0 Å². The van der Waals surface area contributed by atoms with Gasteiger partial charge in [-0.05, 0) is 57.1 Å². The second kappa shape index (κ2) is 8.37. The van der Waals surface area contributed by atoms with Crippen LogP contribution in [0.3, 0.4) is 0 Å². The summed E-state index contributed by atoms with van der Waals surface area (Å²) in [7, 11) is 0. The van der Waals surface area contributed by atoms with Crippen LogP contribution in [0.5, 0.6) is 0 Å². The van der Waals surface area contributed by atoms with Gasteiger partial charge in [-0.3, -0.25) is 9.59 Å². The molecule has 27 heavy (non-hydrogen) atoms.